The number of nitrogens with zero attached hydrogens (tertiary/aromatic N) is 7. The van der Waals surface area contributed by atoms with Gasteiger partial charge in [0.2, 0.25) is 0 Å². The molecule has 4 aromatic heterocycles. The molecule has 0 spiro atoms. The predicted octanol–water partition coefficient (Wildman–Crippen LogP) is 5.79. The van der Waals surface area contributed by atoms with Gasteiger partial charge in [0, 0.05) is 57.4 Å². The summed E-state index contributed by atoms with van der Waals surface area (Å²) in [6, 6.07) is 15.9. The predicted molar refractivity (Wildman–Crippen MR) is 146 cm³/mol. The maximum Gasteiger partial charge on any atom is 0.333 e. The van der Waals surface area contributed by atoms with E-state index in [4.69, 9.17) is 9.72 Å². The first kappa shape index (κ1) is 24.3. The lowest BCUT2D eigenvalue weighted by molar-refractivity contribution is 0.0566. The minimum absolute atomic E-state index is 0.0759. The summed E-state index contributed by atoms with van der Waals surface area (Å²) in [5.41, 5.74) is 3.70. The summed E-state index contributed by atoms with van der Waals surface area (Å²) >= 11 is 2.27. The summed E-state index contributed by atoms with van der Waals surface area (Å²) < 4.78 is 35.7. The van der Waals surface area contributed by atoms with Crippen molar-refractivity contribution >= 4 is 33.9 Å². The van der Waals surface area contributed by atoms with Crippen molar-refractivity contribution in [2.24, 2.45) is 0 Å². The van der Waals surface area contributed by atoms with Crippen LogP contribution in [0, 0.1) is 14.9 Å². The number of anilines is 1. The highest BCUT2D eigenvalue weighted by molar-refractivity contribution is 14.1. The van der Waals surface area contributed by atoms with Gasteiger partial charge in [-0.25, -0.2) is 14.2 Å². The number of ether oxygens (including phenoxy) is 1. The van der Waals surface area contributed by atoms with Crippen LogP contribution >= 0.6 is 22.6 Å². The fraction of sp³-hybridized carbons (Fsp3) is 0.185. The number of benzene rings is 1. The van der Waals surface area contributed by atoms with Crippen LogP contribution in [0.2, 0.25) is 0 Å². The van der Waals surface area contributed by atoms with Crippen molar-refractivity contribution in [1.29, 1.82) is 5.26 Å². The first-order chi connectivity index (χ1) is 18.5. The van der Waals surface area contributed by atoms with Gasteiger partial charge < -0.3 is 9.64 Å². The van der Waals surface area contributed by atoms with Crippen molar-refractivity contribution in [3.63, 3.8) is 0 Å². The third-order valence-electron chi connectivity index (χ3n) is 6.51. The third-order valence-corrected chi connectivity index (χ3v) is 7.23. The molecule has 38 heavy (non-hydrogen) atoms. The Morgan fingerprint density at radius 3 is 2.55 bits per heavy atom. The molecule has 11 heteroatoms. The minimum Gasteiger partial charge on any atom is -0.489 e. The first-order valence-electron chi connectivity index (χ1n) is 11.9. The monoisotopic (exact) mass is 623 g/mol. The molecule has 6 rings (SSSR count). The Morgan fingerprint density at radius 1 is 1.00 bits per heavy atom. The molecule has 0 unspecified atom stereocenters. The maximum absolute atomic E-state index is 13.1. The molecular formula is C27H20F2IN7O. The molecule has 0 radical (unpaired) electrons. The van der Waals surface area contributed by atoms with Crippen LogP contribution in [0.3, 0.4) is 0 Å². The van der Waals surface area contributed by atoms with Crippen molar-refractivity contribution in [1.82, 2.24) is 24.4 Å². The van der Waals surface area contributed by atoms with Crippen molar-refractivity contribution in [2.75, 3.05) is 18.0 Å². The summed E-state index contributed by atoms with van der Waals surface area (Å²) in [5.74, 6) is 1.69. The van der Waals surface area contributed by atoms with Crippen LogP contribution in [0.15, 0.2) is 73.4 Å². The average molecular weight is 623 g/mol. The summed E-state index contributed by atoms with van der Waals surface area (Å²) in [5, 5.41) is 17.7. The maximum atomic E-state index is 13.1. The van der Waals surface area contributed by atoms with Crippen LogP contribution in [0.4, 0.5) is 14.6 Å². The molecule has 5 aromatic rings. The molecule has 1 aliphatic rings. The van der Waals surface area contributed by atoms with Gasteiger partial charge in [-0.15, -0.1) is 0 Å². The zero-order valence-electron chi connectivity index (χ0n) is 19.9. The number of alkyl halides is 2. The Labute approximate surface area is 230 Å². The van der Waals surface area contributed by atoms with Crippen LogP contribution in [0.5, 0.6) is 5.75 Å². The van der Waals surface area contributed by atoms with Gasteiger partial charge in [-0.1, -0.05) is 0 Å². The summed E-state index contributed by atoms with van der Waals surface area (Å²) in [6.07, 6.45) is 8.59. The van der Waals surface area contributed by atoms with E-state index in [-0.39, 0.29) is 6.10 Å². The Bertz CT molecular complexity index is 1640. The number of rotatable bonds is 6. The lowest BCUT2D eigenvalue weighted by atomic mass is 10.0. The lowest BCUT2D eigenvalue weighted by Gasteiger charge is -2.18. The molecule has 1 aromatic carbocycles. The largest absolute Gasteiger partial charge is 0.489 e. The molecule has 8 nitrogen and oxygen atoms in total. The molecule has 1 fully saturated rings. The third kappa shape index (κ3) is 4.67. The van der Waals surface area contributed by atoms with Crippen LogP contribution in [-0.4, -0.2) is 43.6 Å². The molecule has 1 saturated heterocycles. The van der Waals surface area contributed by atoms with E-state index in [1.807, 2.05) is 42.5 Å². The minimum atomic E-state index is -2.73. The fourth-order valence-electron chi connectivity index (χ4n) is 4.65. The van der Waals surface area contributed by atoms with Gasteiger partial charge in [0.15, 0.2) is 0 Å². The number of halogens is 3. The Morgan fingerprint density at radius 2 is 1.84 bits per heavy atom. The molecular weight excluding hydrogens is 603 g/mol. The van der Waals surface area contributed by atoms with Crippen LogP contribution in [-0.2, 0) is 0 Å². The smallest absolute Gasteiger partial charge is 0.333 e. The van der Waals surface area contributed by atoms with Crippen LogP contribution < -0.4 is 9.64 Å². The summed E-state index contributed by atoms with van der Waals surface area (Å²) in [7, 11) is 0. The number of aromatic nitrogens is 5. The van der Waals surface area contributed by atoms with E-state index in [0.29, 0.717) is 26.9 Å². The normalized spacial score (nSPS) is 15.3. The van der Waals surface area contributed by atoms with Gasteiger partial charge in [-0.05, 0) is 65.1 Å². The van der Waals surface area contributed by atoms with Gasteiger partial charge >= 0.3 is 6.55 Å². The number of pyridine rings is 2. The molecule has 0 saturated carbocycles. The van der Waals surface area contributed by atoms with E-state index >= 15 is 0 Å². The zero-order chi connectivity index (χ0) is 26.2. The van der Waals surface area contributed by atoms with E-state index in [0.717, 1.165) is 45.8 Å². The SMILES string of the molecule is N#Cc1cnn2cc(-c3cnn(C(F)F)c3)cc(-c3ccc(N4CC[C@@H](Oc5ccc(I)cc5)C4)nc3)c12. The van der Waals surface area contributed by atoms with Crippen molar-refractivity contribution < 1.29 is 13.5 Å². The van der Waals surface area contributed by atoms with Gasteiger partial charge in [0.25, 0.3) is 0 Å². The summed E-state index contributed by atoms with van der Waals surface area (Å²) in [6.45, 7) is -1.17. The van der Waals surface area contributed by atoms with Gasteiger partial charge in [-0.3, -0.25) is 0 Å². The van der Waals surface area contributed by atoms with Gasteiger partial charge in [0.05, 0.1) is 30.0 Å². The Balaban J connectivity index is 1.28. The quantitative estimate of drug-likeness (QED) is 0.223. The van der Waals surface area contributed by atoms with E-state index < -0.39 is 6.55 Å². The molecule has 0 N–H and O–H groups in total. The van der Waals surface area contributed by atoms with Crippen molar-refractivity contribution in [3.8, 4) is 34.1 Å². The van der Waals surface area contributed by atoms with Crippen LogP contribution in [0.25, 0.3) is 27.8 Å². The number of hydrogen-bond donors (Lipinski definition) is 0. The summed E-state index contributed by atoms with van der Waals surface area (Å²) in [4.78, 5) is 6.89. The molecule has 1 aliphatic heterocycles. The average Bonchev–Trinajstić information content (AvgIpc) is 3.69. The van der Waals surface area contributed by atoms with E-state index in [2.05, 4.69) is 43.8 Å². The van der Waals surface area contributed by atoms with E-state index in [1.54, 1.807) is 16.9 Å². The first-order valence-corrected chi connectivity index (χ1v) is 12.9. The molecule has 190 valence electrons. The van der Waals surface area contributed by atoms with Crippen molar-refractivity contribution in [2.45, 2.75) is 19.1 Å². The highest BCUT2D eigenvalue weighted by Crippen LogP contribution is 2.33. The van der Waals surface area contributed by atoms with E-state index in [1.165, 1.54) is 18.6 Å². The topological polar surface area (TPSA) is 84.3 Å². The number of fused-ring (bicyclic) bond motifs is 1. The standard InChI is InChI=1S/C27H20F2IN7O/c28-27(29)37-15-20(13-34-37)18-9-24(26-19(10-31)12-33-36(26)14-18)17-1-6-25(32-11-17)35-8-7-23(16-35)38-22-4-2-21(30)3-5-22/h1-6,9,11-15,23,27H,7-8,16H2/t23-/m1/s1. The van der Waals surface area contributed by atoms with E-state index in [9.17, 15) is 14.0 Å². The number of hydrogen-bond acceptors (Lipinski definition) is 6. The second-order valence-corrected chi connectivity index (χ2v) is 10.2. The Hall–Kier alpha value is -4.05. The van der Waals surface area contributed by atoms with Crippen LogP contribution in [0.1, 0.15) is 18.5 Å². The lowest BCUT2D eigenvalue weighted by Crippen LogP contribution is -2.25. The highest BCUT2D eigenvalue weighted by Gasteiger charge is 2.25. The highest BCUT2D eigenvalue weighted by atomic mass is 127. The van der Waals surface area contributed by atoms with Gasteiger partial charge in [-0.2, -0.15) is 24.2 Å². The molecule has 0 amide bonds. The molecule has 1 atom stereocenters. The fourth-order valence-corrected chi connectivity index (χ4v) is 5.01. The molecule has 5 heterocycles. The van der Waals surface area contributed by atoms with Crippen molar-refractivity contribution in [3.05, 3.63) is 82.6 Å². The number of nitriles is 1. The molecule has 0 bridgehead atoms. The second kappa shape index (κ2) is 10.0. The second-order valence-electron chi connectivity index (χ2n) is 8.93. The zero-order valence-corrected chi connectivity index (χ0v) is 22.0. The van der Waals surface area contributed by atoms with Gasteiger partial charge in [0.1, 0.15) is 23.7 Å². The Kier molecular flexibility index (Phi) is 6.40. The molecule has 0 aliphatic carbocycles.